The zero-order chi connectivity index (χ0) is 32.3. The second kappa shape index (κ2) is 18.5. The Morgan fingerprint density at radius 3 is 1.24 bits per heavy atom. The Hall–Kier alpha value is -2.81. The summed E-state index contributed by atoms with van der Waals surface area (Å²) in [6.45, 7) is 17.6. The van der Waals surface area contributed by atoms with Gasteiger partial charge in [-0.2, -0.15) is 12.1 Å². The van der Waals surface area contributed by atoms with Crippen molar-refractivity contribution in [2.75, 3.05) is 0 Å². The molecule has 2 heteroatoms. The molecule has 0 bridgehead atoms. The van der Waals surface area contributed by atoms with E-state index < -0.39 is 0 Å². The third-order valence-corrected chi connectivity index (χ3v) is 9.05. The van der Waals surface area contributed by atoms with Crippen molar-refractivity contribution in [1.29, 1.82) is 0 Å². The summed E-state index contributed by atoms with van der Waals surface area (Å²) in [5.74, 6) is 0. The molecule has 0 aliphatic carbocycles. The predicted molar refractivity (Wildman–Crippen MR) is 204 cm³/mol. The first-order valence-corrected chi connectivity index (χ1v) is 18.9. The molecule has 0 amide bonds. The van der Waals surface area contributed by atoms with E-state index in [4.69, 9.17) is 0 Å². The monoisotopic (exact) mass is 788 g/mol. The molecule has 46 heavy (non-hydrogen) atoms. The number of fused-ring (bicyclic) bond motifs is 2. The van der Waals surface area contributed by atoms with Crippen LogP contribution >= 0.6 is 0 Å². The van der Waals surface area contributed by atoms with Crippen molar-refractivity contribution >= 4 is 31.1 Å². The minimum atomic E-state index is 0. The van der Waals surface area contributed by atoms with E-state index >= 15 is 0 Å². The van der Waals surface area contributed by atoms with E-state index in [-0.39, 0.29) is 25.8 Å². The van der Waals surface area contributed by atoms with Gasteiger partial charge in [0.05, 0.1) is 0 Å². The number of hydrogen-bond donors (Lipinski definition) is 0. The van der Waals surface area contributed by atoms with Crippen LogP contribution in [-0.2, 0) is 38.7 Å². The molecule has 6 rings (SSSR count). The number of aryl methyl sites for hydroxylation is 4. The van der Waals surface area contributed by atoms with Gasteiger partial charge in [0.25, 0.3) is 0 Å². The Morgan fingerprint density at radius 2 is 0.870 bits per heavy atom. The molecule has 0 aliphatic rings. The van der Waals surface area contributed by atoms with Crippen LogP contribution in [0.3, 0.4) is 0 Å². The van der Waals surface area contributed by atoms with E-state index in [0.717, 1.165) is 9.52 Å². The first-order chi connectivity index (χ1) is 21.8. The molecule has 0 spiro atoms. The van der Waals surface area contributed by atoms with E-state index in [1.54, 1.807) is 0 Å². The molecule has 0 atom stereocenters. The minimum absolute atomic E-state index is 0. The van der Waals surface area contributed by atoms with Crippen LogP contribution in [0.15, 0.2) is 97.1 Å². The van der Waals surface area contributed by atoms with Crippen LogP contribution in [0.2, 0.25) is 13.1 Å². The summed E-state index contributed by atoms with van der Waals surface area (Å²) in [5, 5.41) is 5.55. The molecule has 0 saturated carbocycles. The van der Waals surface area contributed by atoms with E-state index in [0.29, 0.717) is 0 Å². The zero-order valence-electron chi connectivity index (χ0n) is 29.5. The SMILES string of the molecule is CCCCc1cc2c(-c3cccc(C)c3C)cccc2[cH-]1.CCCCc1cc2c(-c3cccc(C)c3C)cccc2[cH-]1.C[Si]C.[Hf]. The topological polar surface area (TPSA) is 0 Å². The van der Waals surface area contributed by atoms with E-state index in [9.17, 15) is 0 Å². The fraction of sp³-hybridized carbons (Fsp3) is 0.318. The Balaban J connectivity index is 0.000000226. The Labute approximate surface area is 301 Å². The van der Waals surface area contributed by atoms with Crippen molar-refractivity contribution in [2.45, 2.75) is 93.2 Å². The van der Waals surface area contributed by atoms with Crippen molar-refractivity contribution < 1.29 is 25.8 Å². The minimum Gasteiger partial charge on any atom is -0.164 e. The molecular weight excluding hydrogens is 735 g/mol. The van der Waals surface area contributed by atoms with Gasteiger partial charge in [0.15, 0.2) is 0 Å². The van der Waals surface area contributed by atoms with Gasteiger partial charge in [0.1, 0.15) is 0 Å². The molecule has 0 aliphatic heterocycles. The Bertz CT molecular complexity index is 1680. The standard InChI is InChI=1S/2C21H23.C2H6Si.Hf/c2*1-4-5-9-17-13-18-10-7-12-20(21(18)14-17)19-11-6-8-15(2)16(19)3;1-3-2;/h2*6-8,10-14H,4-5,9H2,1-3H3;1-2H3;/q2*-1;;. The summed E-state index contributed by atoms with van der Waals surface area (Å²) < 4.78 is 0. The number of hydrogen-bond acceptors (Lipinski definition) is 0. The number of unbranched alkanes of at least 4 members (excludes halogenated alkanes) is 2. The van der Waals surface area contributed by atoms with E-state index in [2.05, 4.69) is 152 Å². The summed E-state index contributed by atoms with van der Waals surface area (Å²) in [6, 6.07) is 36.1. The first kappa shape index (κ1) is 37.6. The van der Waals surface area contributed by atoms with E-state index in [1.807, 2.05) is 0 Å². The van der Waals surface area contributed by atoms with Crippen LogP contribution in [0.25, 0.3) is 43.8 Å². The van der Waals surface area contributed by atoms with Gasteiger partial charge in [-0.1, -0.05) is 112 Å². The van der Waals surface area contributed by atoms with Crippen LogP contribution in [0.5, 0.6) is 0 Å². The largest absolute Gasteiger partial charge is 0.164 e. The van der Waals surface area contributed by atoms with Crippen LogP contribution in [0, 0.1) is 27.7 Å². The molecule has 0 heterocycles. The maximum absolute atomic E-state index is 2.39. The van der Waals surface area contributed by atoms with Crippen molar-refractivity contribution in [3.63, 3.8) is 0 Å². The van der Waals surface area contributed by atoms with Gasteiger partial charge in [0.2, 0.25) is 0 Å². The molecule has 6 aromatic carbocycles. The second-order valence-corrected chi connectivity index (χ2v) is 13.5. The summed E-state index contributed by atoms with van der Waals surface area (Å²) in [4.78, 5) is 0. The van der Waals surface area contributed by atoms with Crippen molar-refractivity contribution in [1.82, 2.24) is 0 Å². The molecule has 0 fully saturated rings. The molecular formula is C44H52HfSi-2. The maximum Gasteiger partial charge on any atom is 0.0307 e. The quantitative estimate of drug-likeness (QED) is 0.106. The molecule has 0 aromatic heterocycles. The molecule has 0 nitrogen and oxygen atoms in total. The summed E-state index contributed by atoms with van der Waals surface area (Å²) in [6.07, 6.45) is 7.44. The van der Waals surface area contributed by atoms with Crippen LogP contribution in [0.1, 0.15) is 72.9 Å². The molecule has 0 N–H and O–H groups in total. The van der Waals surface area contributed by atoms with Gasteiger partial charge in [-0.05, 0) is 73.9 Å². The second-order valence-electron chi connectivity index (χ2n) is 12.5. The molecule has 6 aromatic rings. The van der Waals surface area contributed by atoms with Gasteiger partial charge >= 0.3 is 0 Å². The molecule has 0 unspecified atom stereocenters. The predicted octanol–water partition coefficient (Wildman–Crippen LogP) is 13.2. The van der Waals surface area contributed by atoms with Crippen molar-refractivity contribution in [3.8, 4) is 22.3 Å². The Kier molecular flexibility index (Phi) is 15.1. The van der Waals surface area contributed by atoms with Crippen LogP contribution < -0.4 is 0 Å². The van der Waals surface area contributed by atoms with Gasteiger partial charge in [-0.3, -0.25) is 0 Å². The van der Waals surface area contributed by atoms with Crippen molar-refractivity contribution in [3.05, 3.63) is 130 Å². The summed E-state index contributed by atoms with van der Waals surface area (Å²) in [7, 11) is 1.08. The van der Waals surface area contributed by atoms with Gasteiger partial charge in [-0.15, -0.1) is 69.1 Å². The van der Waals surface area contributed by atoms with Gasteiger partial charge < -0.3 is 0 Å². The average Bonchev–Trinajstić information content (AvgIpc) is 3.66. The third kappa shape index (κ3) is 9.17. The van der Waals surface area contributed by atoms with Gasteiger partial charge in [0, 0.05) is 35.4 Å². The molecule has 2 radical (unpaired) electrons. The Morgan fingerprint density at radius 1 is 0.522 bits per heavy atom. The maximum atomic E-state index is 2.39. The van der Waals surface area contributed by atoms with Crippen LogP contribution in [0.4, 0.5) is 0 Å². The zero-order valence-corrected chi connectivity index (χ0v) is 34.1. The fourth-order valence-corrected chi connectivity index (χ4v) is 6.20. The average molecular weight is 787 g/mol. The summed E-state index contributed by atoms with van der Waals surface area (Å²) >= 11 is 0. The normalized spacial score (nSPS) is 10.6. The summed E-state index contributed by atoms with van der Waals surface area (Å²) in [5.41, 5.74) is 13.9. The first-order valence-electron chi connectivity index (χ1n) is 16.9. The number of rotatable bonds is 8. The smallest absolute Gasteiger partial charge is 0.0307 e. The van der Waals surface area contributed by atoms with E-state index in [1.165, 1.54) is 116 Å². The van der Waals surface area contributed by atoms with Crippen molar-refractivity contribution in [2.24, 2.45) is 0 Å². The fourth-order valence-electron chi connectivity index (χ4n) is 6.20. The third-order valence-electron chi connectivity index (χ3n) is 9.05. The number of benzene rings is 4. The molecule has 0 saturated heterocycles. The van der Waals surface area contributed by atoms with Gasteiger partial charge in [-0.25, -0.2) is 0 Å². The van der Waals surface area contributed by atoms with Crippen LogP contribution in [-0.4, -0.2) is 9.52 Å². The molecule has 238 valence electrons.